The van der Waals surface area contributed by atoms with Crippen molar-refractivity contribution in [1.82, 2.24) is 9.97 Å². The number of nitrogens with zero attached hydrogens (tertiary/aromatic N) is 2. The Kier molecular flexibility index (Phi) is 4.19. The minimum atomic E-state index is -0.559. The van der Waals surface area contributed by atoms with Crippen LogP contribution in [0.1, 0.15) is 17.5 Å². The lowest BCUT2D eigenvalue weighted by atomic mass is 10.1. The zero-order valence-electron chi connectivity index (χ0n) is 11.1. The van der Waals surface area contributed by atoms with Gasteiger partial charge in [-0.2, -0.15) is 0 Å². The Balaban J connectivity index is 2.42. The molecule has 100 valence electrons. The van der Waals surface area contributed by atoms with Gasteiger partial charge < -0.3 is 9.47 Å². The summed E-state index contributed by atoms with van der Waals surface area (Å²) in [7, 11) is 3.06. The molecule has 4 nitrogen and oxygen atoms in total. The van der Waals surface area contributed by atoms with Crippen LogP contribution >= 0.6 is 0 Å². The number of rotatable bonds is 4. The summed E-state index contributed by atoms with van der Waals surface area (Å²) in [6.45, 7) is 1.82. The molecule has 0 amide bonds. The minimum absolute atomic E-state index is 0.306. The number of ether oxygens (including phenoxy) is 2. The lowest BCUT2D eigenvalue weighted by Crippen LogP contribution is -2.07. The molecule has 0 radical (unpaired) electrons. The molecule has 0 saturated heterocycles. The highest BCUT2D eigenvalue weighted by Gasteiger charge is 2.12. The molecule has 1 aromatic heterocycles. The highest BCUT2D eigenvalue weighted by Crippen LogP contribution is 2.21. The maximum absolute atomic E-state index is 13.4. The van der Waals surface area contributed by atoms with Crippen LogP contribution in [-0.4, -0.2) is 24.2 Å². The zero-order valence-corrected chi connectivity index (χ0v) is 11.1. The molecule has 1 aromatic carbocycles. The molecule has 0 bridgehead atoms. The van der Waals surface area contributed by atoms with Crippen molar-refractivity contribution >= 4 is 0 Å². The average Bonchev–Trinajstić information content (AvgIpc) is 2.39. The van der Waals surface area contributed by atoms with Crippen molar-refractivity contribution in [2.24, 2.45) is 0 Å². The van der Waals surface area contributed by atoms with E-state index < -0.39 is 6.29 Å². The fourth-order valence-electron chi connectivity index (χ4n) is 1.85. The van der Waals surface area contributed by atoms with E-state index in [1.165, 1.54) is 26.4 Å². The maximum atomic E-state index is 13.4. The lowest BCUT2D eigenvalue weighted by Gasteiger charge is -2.13. The molecule has 0 spiro atoms. The first-order chi connectivity index (χ1) is 9.13. The Morgan fingerprint density at radius 3 is 2.53 bits per heavy atom. The van der Waals surface area contributed by atoms with Crippen LogP contribution in [0.4, 0.5) is 4.39 Å². The van der Waals surface area contributed by atoms with Crippen molar-refractivity contribution in [2.75, 3.05) is 14.2 Å². The Morgan fingerprint density at radius 2 is 1.89 bits per heavy atom. The Hall–Kier alpha value is -1.85. The van der Waals surface area contributed by atoms with Crippen molar-refractivity contribution < 1.29 is 13.9 Å². The van der Waals surface area contributed by atoms with Crippen LogP contribution in [0.25, 0.3) is 11.4 Å². The monoisotopic (exact) mass is 262 g/mol. The smallest absolute Gasteiger partial charge is 0.200 e. The van der Waals surface area contributed by atoms with Gasteiger partial charge in [0.2, 0.25) is 6.29 Å². The lowest BCUT2D eigenvalue weighted by molar-refractivity contribution is -0.108. The summed E-state index contributed by atoms with van der Waals surface area (Å²) in [4.78, 5) is 8.49. The van der Waals surface area contributed by atoms with Gasteiger partial charge in [0.1, 0.15) is 11.5 Å². The second kappa shape index (κ2) is 5.86. The molecular formula is C14H15FN2O2. The summed E-state index contributed by atoms with van der Waals surface area (Å²) in [5.41, 5.74) is 2.04. The van der Waals surface area contributed by atoms with Crippen LogP contribution in [0.3, 0.4) is 0 Å². The normalized spacial score (nSPS) is 11.0. The Morgan fingerprint density at radius 1 is 1.16 bits per heavy atom. The third-order valence-electron chi connectivity index (χ3n) is 2.65. The predicted molar refractivity (Wildman–Crippen MR) is 68.9 cm³/mol. The van der Waals surface area contributed by atoms with Crippen molar-refractivity contribution in [2.45, 2.75) is 13.2 Å². The second-order valence-electron chi connectivity index (χ2n) is 4.13. The van der Waals surface area contributed by atoms with Gasteiger partial charge in [0.05, 0.1) is 0 Å². The molecule has 2 rings (SSSR count). The van der Waals surface area contributed by atoms with E-state index in [0.717, 1.165) is 5.56 Å². The summed E-state index contributed by atoms with van der Waals surface area (Å²) >= 11 is 0. The molecule has 5 heteroatoms. The Bertz CT molecular complexity index is 551. The number of aryl methyl sites for hydroxylation is 1. The van der Waals surface area contributed by atoms with Crippen molar-refractivity contribution in [3.05, 3.63) is 47.5 Å². The molecule has 0 fully saturated rings. The number of halogens is 1. The summed E-state index contributed by atoms with van der Waals surface area (Å²) in [6, 6.07) is 6.39. The summed E-state index contributed by atoms with van der Waals surface area (Å²) in [6.07, 6.45) is 1.04. The number of hydrogen-bond donors (Lipinski definition) is 0. The van der Waals surface area contributed by atoms with E-state index in [0.29, 0.717) is 17.1 Å². The van der Waals surface area contributed by atoms with E-state index in [-0.39, 0.29) is 5.82 Å². The molecule has 19 heavy (non-hydrogen) atoms. The number of methoxy groups -OCH3 is 2. The van der Waals surface area contributed by atoms with E-state index in [1.807, 2.05) is 13.0 Å². The molecule has 0 aliphatic heterocycles. The van der Waals surface area contributed by atoms with Crippen LogP contribution in [0.2, 0.25) is 0 Å². The SMILES string of the molecule is COC(OC)c1ccnc(-c2cc(C)cc(F)c2)n1. The largest absolute Gasteiger partial charge is 0.350 e. The van der Waals surface area contributed by atoms with Crippen LogP contribution in [0, 0.1) is 12.7 Å². The zero-order chi connectivity index (χ0) is 13.8. The Labute approximate surface area is 111 Å². The van der Waals surface area contributed by atoms with E-state index in [4.69, 9.17) is 9.47 Å². The van der Waals surface area contributed by atoms with E-state index >= 15 is 0 Å². The molecule has 0 N–H and O–H groups in total. The highest BCUT2D eigenvalue weighted by molar-refractivity contribution is 5.56. The number of aromatic nitrogens is 2. The van der Waals surface area contributed by atoms with Crippen LogP contribution < -0.4 is 0 Å². The van der Waals surface area contributed by atoms with Gasteiger partial charge in [-0.25, -0.2) is 14.4 Å². The number of hydrogen-bond acceptors (Lipinski definition) is 4. The first-order valence-corrected chi connectivity index (χ1v) is 5.80. The quantitative estimate of drug-likeness (QED) is 0.795. The van der Waals surface area contributed by atoms with Crippen molar-refractivity contribution in [3.8, 4) is 11.4 Å². The number of benzene rings is 1. The van der Waals surface area contributed by atoms with Gasteiger partial charge in [0, 0.05) is 26.0 Å². The predicted octanol–water partition coefficient (Wildman–Crippen LogP) is 2.88. The summed E-state index contributed by atoms with van der Waals surface area (Å²) in [5.74, 6) is 0.137. The van der Waals surface area contributed by atoms with E-state index in [9.17, 15) is 4.39 Å². The molecule has 0 saturated carbocycles. The van der Waals surface area contributed by atoms with Crippen molar-refractivity contribution in [3.63, 3.8) is 0 Å². The third-order valence-corrected chi connectivity index (χ3v) is 2.65. The average molecular weight is 262 g/mol. The fourth-order valence-corrected chi connectivity index (χ4v) is 1.85. The van der Waals surface area contributed by atoms with Gasteiger partial charge in [-0.05, 0) is 36.8 Å². The molecule has 0 aliphatic carbocycles. The first kappa shape index (κ1) is 13.6. The summed E-state index contributed by atoms with van der Waals surface area (Å²) in [5, 5.41) is 0. The first-order valence-electron chi connectivity index (χ1n) is 5.80. The molecular weight excluding hydrogens is 247 g/mol. The minimum Gasteiger partial charge on any atom is -0.350 e. The van der Waals surface area contributed by atoms with Gasteiger partial charge in [0.15, 0.2) is 5.82 Å². The topological polar surface area (TPSA) is 44.2 Å². The fraction of sp³-hybridized carbons (Fsp3) is 0.286. The second-order valence-corrected chi connectivity index (χ2v) is 4.13. The van der Waals surface area contributed by atoms with Gasteiger partial charge in [0.25, 0.3) is 0 Å². The molecule has 2 aromatic rings. The molecule has 0 unspecified atom stereocenters. The van der Waals surface area contributed by atoms with Crippen LogP contribution in [-0.2, 0) is 9.47 Å². The van der Waals surface area contributed by atoms with E-state index in [1.54, 1.807) is 12.3 Å². The standard InChI is InChI=1S/C14H15FN2O2/c1-9-6-10(8-11(15)7-9)13-16-5-4-12(17-13)14(18-2)19-3/h4-8,14H,1-3H3. The highest BCUT2D eigenvalue weighted by atomic mass is 19.1. The van der Waals surface area contributed by atoms with E-state index in [2.05, 4.69) is 9.97 Å². The van der Waals surface area contributed by atoms with Crippen LogP contribution in [0.15, 0.2) is 30.5 Å². The van der Waals surface area contributed by atoms with Crippen LogP contribution in [0.5, 0.6) is 0 Å². The summed E-state index contributed by atoms with van der Waals surface area (Å²) < 4.78 is 23.7. The molecule has 0 aliphatic rings. The third kappa shape index (κ3) is 3.13. The van der Waals surface area contributed by atoms with Crippen molar-refractivity contribution in [1.29, 1.82) is 0 Å². The maximum Gasteiger partial charge on any atom is 0.200 e. The molecule has 1 heterocycles. The van der Waals surface area contributed by atoms with Gasteiger partial charge in [-0.3, -0.25) is 0 Å². The van der Waals surface area contributed by atoms with Gasteiger partial charge in [-0.15, -0.1) is 0 Å². The molecule has 0 atom stereocenters. The van der Waals surface area contributed by atoms with Gasteiger partial charge >= 0.3 is 0 Å². The van der Waals surface area contributed by atoms with Gasteiger partial charge in [-0.1, -0.05) is 0 Å².